The molecule has 0 amide bonds. The van der Waals surface area contributed by atoms with Gasteiger partial charge in [-0.25, -0.2) is 11.6 Å². The summed E-state index contributed by atoms with van der Waals surface area (Å²) in [4.78, 5) is 24.9. The maximum absolute atomic E-state index is 13.2. The number of pyridine rings is 1. The Morgan fingerprint density at radius 3 is 2.73 bits per heavy atom. The van der Waals surface area contributed by atoms with Crippen LogP contribution in [0.25, 0.3) is 4.85 Å². The first-order valence-electron chi connectivity index (χ1n) is 9.88. The molecule has 3 rings (SSSR count). The molecule has 2 heterocycles. The average Bonchev–Trinajstić information content (AvgIpc) is 2.72. The summed E-state index contributed by atoms with van der Waals surface area (Å²) in [5, 5.41) is 0. The van der Waals surface area contributed by atoms with Gasteiger partial charge in [0.05, 0.1) is 12.3 Å². The Balaban J connectivity index is 2.24. The van der Waals surface area contributed by atoms with E-state index in [0.29, 0.717) is 21.4 Å². The van der Waals surface area contributed by atoms with Crippen molar-refractivity contribution in [3.63, 3.8) is 0 Å². The van der Waals surface area contributed by atoms with Crippen molar-refractivity contribution in [3.05, 3.63) is 57.5 Å². The average molecular weight is 526 g/mol. The molecule has 0 bridgehead atoms. The van der Waals surface area contributed by atoms with Crippen molar-refractivity contribution in [2.45, 2.75) is 26.1 Å². The second-order valence-corrected chi connectivity index (χ2v) is 7.89. The summed E-state index contributed by atoms with van der Waals surface area (Å²) in [6.07, 6.45) is -3.49. The van der Waals surface area contributed by atoms with Crippen LogP contribution in [0.3, 0.4) is 0 Å². The topological polar surface area (TPSA) is 74.4 Å². The minimum Gasteiger partial charge on any atom is -0.478 e. The molecule has 2 unspecified atom stereocenters. The van der Waals surface area contributed by atoms with Crippen molar-refractivity contribution in [1.82, 2.24) is 4.98 Å². The molecular formula is C22H19BrF3N3O4. The number of fused-ring (bicyclic) bond motifs is 1. The summed E-state index contributed by atoms with van der Waals surface area (Å²) in [6, 6.07) is 5.78. The number of carbonyl (C=O) groups is 1. The van der Waals surface area contributed by atoms with Crippen LogP contribution in [-0.2, 0) is 9.53 Å². The van der Waals surface area contributed by atoms with E-state index >= 15 is 0 Å². The molecule has 0 spiro atoms. The molecule has 1 aliphatic heterocycles. The van der Waals surface area contributed by atoms with Crippen LogP contribution in [0, 0.1) is 12.5 Å². The van der Waals surface area contributed by atoms with Crippen LogP contribution >= 0.6 is 15.9 Å². The van der Waals surface area contributed by atoms with E-state index in [1.165, 1.54) is 18.3 Å². The van der Waals surface area contributed by atoms with E-state index < -0.39 is 29.9 Å². The SMILES string of the molecule is [C-]#[N+]CCOC(=O)C1C(C)=Nc2ccnc(OCC)c2C1c1ccc(Br)cc1OC(F)(F)F. The fraction of sp³-hybridized carbons (Fsp3) is 0.364. The molecule has 0 saturated heterocycles. The van der Waals surface area contributed by atoms with E-state index in [4.69, 9.17) is 16.0 Å². The molecule has 1 aromatic heterocycles. The number of aromatic nitrogens is 1. The summed E-state index contributed by atoms with van der Waals surface area (Å²) >= 11 is 3.17. The first-order valence-corrected chi connectivity index (χ1v) is 10.7. The van der Waals surface area contributed by atoms with Gasteiger partial charge in [-0.2, -0.15) is 0 Å². The molecule has 0 fully saturated rings. The zero-order valence-electron chi connectivity index (χ0n) is 17.6. The molecule has 0 radical (unpaired) electrons. The summed E-state index contributed by atoms with van der Waals surface area (Å²) in [6.45, 7) is 10.3. The molecule has 0 saturated carbocycles. The van der Waals surface area contributed by atoms with Crippen LogP contribution in [0.5, 0.6) is 11.6 Å². The first kappa shape index (κ1) is 24.5. The van der Waals surface area contributed by atoms with Crippen molar-refractivity contribution >= 4 is 33.3 Å². The molecule has 2 aromatic rings. The van der Waals surface area contributed by atoms with Gasteiger partial charge in [-0.1, -0.05) is 22.0 Å². The highest BCUT2D eigenvalue weighted by Gasteiger charge is 2.43. The third-order valence-electron chi connectivity index (χ3n) is 4.84. The maximum Gasteiger partial charge on any atom is 0.573 e. The molecule has 7 nitrogen and oxygen atoms in total. The highest BCUT2D eigenvalue weighted by atomic mass is 79.9. The Labute approximate surface area is 196 Å². The number of nitrogens with zero attached hydrogens (tertiary/aromatic N) is 3. The lowest BCUT2D eigenvalue weighted by Crippen LogP contribution is -2.34. The zero-order chi connectivity index (χ0) is 24.2. The van der Waals surface area contributed by atoms with Gasteiger partial charge in [0, 0.05) is 33.4 Å². The number of aliphatic imine (C=N–C) groups is 1. The van der Waals surface area contributed by atoms with Gasteiger partial charge in [-0.15, -0.1) is 13.2 Å². The highest BCUT2D eigenvalue weighted by molar-refractivity contribution is 9.10. The fourth-order valence-electron chi connectivity index (χ4n) is 3.65. The molecule has 0 N–H and O–H groups in total. The van der Waals surface area contributed by atoms with Gasteiger partial charge in [0.1, 0.15) is 11.7 Å². The van der Waals surface area contributed by atoms with Crippen molar-refractivity contribution in [3.8, 4) is 11.6 Å². The monoisotopic (exact) mass is 525 g/mol. The van der Waals surface area contributed by atoms with E-state index in [1.54, 1.807) is 26.0 Å². The van der Waals surface area contributed by atoms with Crippen LogP contribution in [0.15, 0.2) is 39.9 Å². The first-order chi connectivity index (χ1) is 15.7. The lowest BCUT2D eigenvalue weighted by Gasteiger charge is -2.32. The van der Waals surface area contributed by atoms with Crippen molar-refractivity contribution in [2.24, 2.45) is 10.9 Å². The standard InChI is InChI=1S/C22H19BrF3N3O4/c1-4-31-20-19-15(7-8-28-20)29-12(2)17(21(30)32-10-9-27-3)18(19)14-6-5-13(23)11-16(14)33-22(24,25)26/h5-8,11,17-18H,4,9-10H2,1-2H3. The van der Waals surface area contributed by atoms with Crippen LogP contribution in [0.1, 0.15) is 30.9 Å². The third-order valence-corrected chi connectivity index (χ3v) is 5.33. The van der Waals surface area contributed by atoms with Gasteiger partial charge in [0.15, 0.2) is 6.61 Å². The lowest BCUT2D eigenvalue weighted by molar-refractivity contribution is -0.275. The molecule has 174 valence electrons. The Kier molecular flexibility index (Phi) is 7.58. The van der Waals surface area contributed by atoms with Gasteiger partial charge in [0.25, 0.3) is 0 Å². The number of ether oxygens (including phenoxy) is 3. The van der Waals surface area contributed by atoms with Gasteiger partial charge < -0.3 is 19.1 Å². The second kappa shape index (κ2) is 10.2. The minimum atomic E-state index is -4.96. The smallest absolute Gasteiger partial charge is 0.478 e. The summed E-state index contributed by atoms with van der Waals surface area (Å²) in [5.74, 6) is -3.12. The number of carbonyl (C=O) groups excluding carboxylic acids is 1. The van der Waals surface area contributed by atoms with Crippen LogP contribution in [-0.4, -0.2) is 42.8 Å². The number of hydrogen-bond donors (Lipinski definition) is 0. The molecule has 2 atom stereocenters. The zero-order valence-corrected chi connectivity index (χ0v) is 19.2. The van der Waals surface area contributed by atoms with Crippen molar-refractivity contribution in [2.75, 3.05) is 19.8 Å². The minimum absolute atomic E-state index is 0.0393. The van der Waals surface area contributed by atoms with Gasteiger partial charge in [-0.3, -0.25) is 9.79 Å². The number of halogens is 4. The summed E-state index contributed by atoms with van der Waals surface area (Å²) < 4.78 is 55.3. The molecular weight excluding hydrogens is 507 g/mol. The number of rotatable bonds is 7. The summed E-state index contributed by atoms with van der Waals surface area (Å²) in [7, 11) is 0. The lowest BCUT2D eigenvalue weighted by atomic mass is 9.76. The second-order valence-electron chi connectivity index (χ2n) is 6.97. The van der Waals surface area contributed by atoms with E-state index in [0.717, 1.165) is 0 Å². The Hall–Kier alpha value is -3.13. The van der Waals surface area contributed by atoms with Crippen molar-refractivity contribution in [1.29, 1.82) is 0 Å². The molecule has 0 aliphatic carbocycles. The van der Waals surface area contributed by atoms with E-state index in [2.05, 4.69) is 35.5 Å². The van der Waals surface area contributed by atoms with Crippen LogP contribution < -0.4 is 9.47 Å². The number of hydrogen-bond acceptors (Lipinski definition) is 6. The Morgan fingerprint density at radius 2 is 2.06 bits per heavy atom. The number of benzene rings is 1. The van der Waals surface area contributed by atoms with Gasteiger partial charge in [0.2, 0.25) is 12.4 Å². The fourth-order valence-corrected chi connectivity index (χ4v) is 4.00. The normalized spacial score (nSPS) is 17.4. The highest BCUT2D eigenvalue weighted by Crippen LogP contribution is 2.49. The van der Waals surface area contributed by atoms with Crippen LogP contribution in [0.4, 0.5) is 18.9 Å². The summed E-state index contributed by atoms with van der Waals surface area (Å²) in [5.41, 5.74) is 1.20. The third kappa shape index (κ3) is 5.63. The molecule has 33 heavy (non-hydrogen) atoms. The predicted octanol–water partition coefficient (Wildman–Crippen LogP) is 5.46. The van der Waals surface area contributed by atoms with Crippen molar-refractivity contribution < 1.29 is 32.2 Å². The van der Waals surface area contributed by atoms with Crippen LogP contribution in [0.2, 0.25) is 0 Å². The van der Waals surface area contributed by atoms with Gasteiger partial charge in [-0.05, 0) is 32.0 Å². The van der Waals surface area contributed by atoms with E-state index in [1.807, 2.05) is 0 Å². The van der Waals surface area contributed by atoms with Gasteiger partial charge >= 0.3 is 12.3 Å². The van der Waals surface area contributed by atoms with E-state index in [-0.39, 0.29) is 31.2 Å². The predicted molar refractivity (Wildman–Crippen MR) is 117 cm³/mol. The number of alkyl halides is 3. The Bertz CT molecular complexity index is 1120. The molecule has 1 aromatic carbocycles. The molecule has 1 aliphatic rings. The number of esters is 1. The Morgan fingerprint density at radius 1 is 1.30 bits per heavy atom. The quantitative estimate of drug-likeness (QED) is 0.272. The maximum atomic E-state index is 13.2. The van der Waals surface area contributed by atoms with E-state index in [9.17, 15) is 18.0 Å². The molecule has 11 heteroatoms. The largest absolute Gasteiger partial charge is 0.573 e.